The van der Waals surface area contributed by atoms with E-state index in [9.17, 15) is 9.59 Å². The van der Waals surface area contributed by atoms with Gasteiger partial charge >= 0.3 is 0 Å². The molecule has 1 saturated heterocycles. The normalized spacial score (nSPS) is 15.5. The minimum atomic E-state index is -0.659. The fraction of sp³-hybridized carbons (Fsp3) is 0.316. The molecule has 146 valence electrons. The van der Waals surface area contributed by atoms with Gasteiger partial charge in [0.25, 0.3) is 0 Å². The molecule has 1 aliphatic heterocycles. The summed E-state index contributed by atoms with van der Waals surface area (Å²) < 4.78 is 7.21. The molecule has 9 heteroatoms. The average molecular weight is 399 g/mol. The predicted molar refractivity (Wildman–Crippen MR) is 105 cm³/mol. The molecular weight excluding hydrogens is 378 g/mol. The van der Waals surface area contributed by atoms with Crippen molar-refractivity contribution in [1.29, 1.82) is 0 Å². The third-order valence-electron chi connectivity index (χ3n) is 4.54. The van der Waals surface area contributed by atoms with Crippen molar-refractivity contribution in [2.45, 2.75) is 12.5 Å². The first-order valence-electron chi connectivity index (χ1n) is 9.07. The van der Waals surface area contributed by atoms with Gasteiger partial charge in [0.2, 0.25) is 11.8 Å². The maximum Gasteiger partial charge on any atom is 0.246 e. The quantitative estimate of drug-likeness (QED) is 0.608. The number of nitrogens with zero attached hydrogens (tertiary/aromatic N) is 3. The van der Waals surface area contributed by atoms with Gasteiger partial charge in [-0.2, -0.15) is 0 Å². The molecule has 0 aliphatic carbocycles. The van der Waals surface area contributed by atoms with Crippen LogP contribution in [0.4, 0.5) is 0 Å². The highest BCUT2D eigenvalue weighted by Gasteiger charge is 2.27. The number of aromatic nitrogens is 2. The van der Waals surface area contributed by atoms with Gasteiger partial charge in [-0.05, 0) is 5.56 Å². The lowest BCUT2D eigenvalue weighted by atomic mass is 10.1. The summed E-state index contributed by atoms with van der Waals surface area (Å²) in [7, 11) is 0. The van der Waals surface area contributed by atoms with E-state index >= 15 is 0 Å². The molecule has 2 amide bonds. The number of hydrazine groups is 1. The number of benzene rings is 1. The summed E-state index contributed by atoms with van der Waals surface area (Å²) in [5.41, 5.74) is 7.07. The van der Waals surface area contributed by atoms with Crippen LogP contribution >= 0.6 is 11.3 Å². The molecule has 1 atom stereocenters. The molecule has 8 nitrogen and oxygen atoms in total. The maximum absolute atomic E-state index is 13.0. The van der Waals surface area contributed by atoms with Gasteiger partial charge in [-0.1, -0.05) is 30.3 Å². The second kappa shape index (κ2) is 8.51. The Morgan fingerprint density at radius 2 is 2.00 bits per heavy atom. The highest BCUT2D eigenvalue weighted by molar-refractivity contribution is 7.15. The molecule has 0 saturated carbocycles. The zero-order chi connectivity index (χ0) is 19.3. The number of thiazole rings is 1. The van der Waals surface area contributed by atoms with Crippen LogP contribution in [0.3, 0.4) is 0 Å². The number of morpholine rings is 1. The first kappa shape index (κ1) is 18.6. The lowest BCUT2D eigenvalue weighted by Crippen LogP contribution is -2.50. The smallest absolute Gasteiger partial charge is 0.246 e. The first-order chi connectivity index (χ1) is 13.7. The van der Waals surface area contributed by atoms with Gasteiger partial charge in [0.05, 0.1) is 25.3 Å². The molecule has 2 aromatic heterocycles. The molecule has 1 aromatic carbocycles. The van der Waals surface area contributed by atoms with Gasteiger partial charge in [-0.25, -0.2) is 10.4 Å². The Bertz CT molecular complexity index is 920. The predicted octanol–water partition coefficient (Wildman–Crippen LogP) is 1.16. The first-order valence-corrected chi connectivity index (χ1v) is 9.95. The second-order valence-electron chi connectivity index (χ2n) is 6.48. The summed E-state index contributed by atoms with van der Waals surface area (Å²) in [4.78, 5) is 32.4. The largest absolute Gasteiger partial charge is 0.378 e. The Kier molecular flexibility index (Phi) is 5.65. The van der Waals surface area contributed by atoms with E-state index in [2.05, 4.69) is 15.8 Å². The number of fused-ring (bicyclic) bond motifs is 1. The molecule has 0 radical (unpaired) electrons. The van der Waals surface area contributed by atoms with Crippen molar-refractivity contribution in [1.82, 2.24) is 25.1 Å². The third kappa shape index (κ3) is 4.22. The topological polar surface area (TPSA) is 88.0 Å². The zero-order valence-electron chi connectivity index (χ0n) is 15.2. The molecule has 0 spiro atoms. The van der Waals surface area contributed by atoms with E-state index in [1.165, 1.54) is 11.3 Å². The molecule has 28 heavy (non-hydrogen) atoms. The number of hydrogen-bond acceptors (Lipinski definition) is 6. The Hall–Kier alpha value is -2.75. The SMILES string of the molecule is O=C(Cc1cn2ccsc2n1)NN[C@H](C(=O)N1CCOCC1)c1ccccc1. The zero-order valence-corrected chi connectivity index (χ0v) is 16.0. The minimum absolute atomic E-state index is 0.0858. The van der Waals surface area contributed by atoms with E-state index in [1.807, 2.05) is 52.5 Å². The third-order valence-corrected chi connectivity index (χ3v) is 5.31. The molecule has 4 rings (SSSR count). The van der Waals surface area contributed by atoms with E-state index in [-0.39, 0.29) is 18.2 Å². The summed E-state index contributed by atoms with van der Waals surface area (Å²) in [6.45, 7) is 2.14. The van der Waals surface area contributed by atoms with E-state index in [0.29, 0.717) is 32.0 Å². The lowest BCUT2D eigenvalue weighted by molar-refractivity contribution is -0.138. The number of hydrogen-bond donors (Lipinski definition) is 2. The van der Waals surface area contributed by atoms with Crippen molar-refractivity contribution >= 4 is 28.1 Å². The highest BCUT2D eigenvalue weighted by Crippen LogP contribution is 2.16. The van der Waals surface area contributed by atoms with Crippen molar-refractivity contribution in [3.63, 3.8) is 0 Å². The number of carbonyl (C=O) groups is 2. The summed E-state index contributed by atoms with van der Waals surface area (Å²) in [5.74, 6) is -0.334. The number of carbonyl (C=O) groups excluding carboxylic acids is 2. The van der Waals surface area contributed by atoms with Crippen molar-refractivity contribution < 1.29 is 14.3 Å². The Morgan fingerprint density at radius 3 is 2.75 bits per heavy atom. The monoisotopic (exact) mass is 399 g/mol. The number of imidazole rings is 1. The molecule has 3 aromatic rings. The Morgan fingerprint density at radius 1 is 1.21 bits per heavy atom. The molecule has 0 bridgehead atoms. The van der Waals surface area contributed by atoms with Gasteiger partial charge in [-0.3, -0.25) is 19.4 Å². The molecule has 0 unspecified atom stereocenters. The summed E-state index contributed by atoms with van der Waals surface area (Å²) in [5, 5.41) is 1.94. The van der Waals surface area contributed by atoms with Crippen LogP contribution in [0.2, 0.25) is 0 Å². The van der Waals surface area contributed by atoms with Crippen LogP contribution in [-0.4, -0.2) is 52.4 Å². The fourth-order valence-electron chi connectivity index (χ4n) is 3.12. The van der Waals surface area contributed by atoms with Crippen LogP contribution in [0.25, 0.3) is 4.96 Å². The molecule has 1 aliphatic rings. The summed E-state index contributed by atoms with van der Waals surface area (Å²) in [6, 6.07) is 8.71. The van der Waals surface area contributed by atoms with Crippen LogP contribution in [0.5, 0.6) is 0 Å². The van der Waals surface area contributed by atoms with E-state index in [4.69, 9.17) is 4.74 Å². The standard InChI is InChI=1S/C19H21N5O3S/c25-16(12-15-13-24-8-11-28-19(24)20-15)21-22-17(14-4-2-1-3-5-14)18(26)23-6-9-27-10-7-23/h1-5,8,11,13,17,22H,6-7,9-10,12H2,(H,21,25)/t17-/m0/s1. The Labute approximate surface area is 166 Å². The molecular formula is C19H21N5O3S. The van der Waals surface area contributed by atoms with E-state index in [1.54, 1.807) is 4.90 Å². The van der Waals surface area contributed by atoms with Crippen molar-refractivity contribution in [2.75, 3.05) is 26.3 Å². The number of nitrogens with one attached hydrogen (secondary N) is 2. The molecule has 2 N–H and O–H groups in total. The molecule has 3 heterocycles. The number of ether oxygens (including phenoxy) is 1. The van der Waals surface area contributed by atoms with Crippen LogP contribution in [0.15, 0.2) is 48.1 Å². The second-order valence-corrected chi connectivity index (χ2v) is 7.35. The maximum atomic E-state index is 13.0. The van der Waals surface area contributed by atoms with Crippen molar-refractivity contribution in [2.24, 2.45) is 0 Å². The van der Waals surface area contributed by atoms with Gasteiger partial charge in [0.15, 0.2) is 4.96 Å². The summed E-state index contributed by atoms with van der Waals surface area (Å²) in [6.07, 6.45) is 3.87. The van der Waals surface area contributed by atoms with Crippen LogP contribution in [0, 0.1) is 0 Å². The van der Waals surface area contributed by atoms with E-state index in [0.717, 1.165) is 10.5 Å². The van der Waals surface area contributed by atoms with Gasteiger partial charge in [0, 0.05) is 30.9 Å². The van der Waals surface area contributed by atoms with Crippen LogP contribution < -0.4 is 10.9 Å². The van der Waals surface area contributed by atoms with Gasteiger partial charge < -0.3 is 9.64 Å². The van der Waals surface area contributed by atoms with E-state index < -0.39 is 6.04 Å². The van der Waals surface area contributed by atoms with Crippen LogP contribution in [0.1, 0.15) is 17.3 Å². The van der Waals surface area contributed by atoms with Crippen molar-refractivity contribution in [3.05, 3.63) is 59.4 Å². The number of rotatable bonds is 6. The highest BCUT2D eigenvalue weighted by atomic mass is 32.1. The number of amides is 2. The fourth-order valence-corrected chi connectivity index (χ4v) is 3.84. The summed E-state index contributed by atoms with van der Waals surface area (Å²) >= 11 is 1.51. The van der Waals surface area contributed by atoms with Crippen molar-refractivity contribution in [3.8, 4) is 0 Å². The Balaban J connectivity index is 1.42. The minimum Gasteiger partial charge on any atom is -0.378 e. The van der Waals surface area contributed by atoms with Crippen LogP contribution in [-0.2, 0) is 20.7 Å². The van der Waals surface area contributed by atoms with Gasteiger partial charge in [-0.15, -0.1) is 11.3 Å². The molecule has 1 fully saturated rings. The lowest BCUT2D eigenvalue weighted by Gasteiger charge is -2.31. The van der Waals surface area contributed by atoms with Gasteiger partial charge in [0.1, 0.15) is 6.04 Å². The average Bonchev–Trinajstić information content (AvgIpc) is 3.31.